The molecule has 0 unspecified atom stereocenters. The third-order valence-corrected chi connectivity index (χ3v) is 5.04. The number of aryl methyl sites for hydroxylation is 6. The van der Waals surface area contributed by atoms with Crippen LogP contribution in [0.25, 0.3) is 11.0 Å². The third-order valence-electron chi connectivity index (χ3n) is 5.04. The average Bonchev–Trinajstić information content (AvgIpc) is 2.98. The third kappa shape index (κ3) is 3.65. The molecule has 3 rings (SSSR count). The lowest BCUT2D eigenvalue weighted by Crippen LogP contribution is -2.33. The van der Waals surface area contributed by atoms with Crippen molar-refractivity contribution in [2.45, 2.75) is 41.5 Å². The Labute approximate surface area is 165 Å². The van der Waals surface area contributed by atoms with Gasteiger partial charge < -0.3 is 15.1 Å². The monoisotopic (exact) mass is 378 g/mol. The molecule has 0 bridgehead atoms. The molecule has 2 N–H and O–H groups in total. The molecule has 5 nitrogen and oxygen atoms in total. The van der Waals surface area contributed by atoms with Gasteiger partial charge in [-0.25, -0.2) is 0 Å². The van der Waals surface area contributed by atoms with Crippen LogP contribution < -0.4 is 10.6 Å². The minimum absolute atomic E-state index is 0.125. The van der Waals surface area contributed by atoms with Gasteiger partial charge in [-0.1, -0.05) is 29.8 Å². The van der Waals surface area contributed by atoms with Crippen molar-refractivity contribution >= 4 is 28.5 Å². The molecule has 0 spiro atoms. The van der Waals surface area contributed by atoms with E-state index < -0.39 is 0 Å². The molecule has 0 saturated carbocycles. The van der Waals surface area contributed by atoms with Gasteiger partial charge in [0.05, 0.1) is 6.54 Å². The van der Waals surface area contributed by atoms with Crippen molar-refractivity contribution in [1.29, 1.82) is 0 Å². The fraction of sp³-hybridized carbons (Fsp3) is 0.304. The Bertz CT molecular complexity index is 1070. The van der Waals surface area contributed by atoms with Crippen molar-refractivity contribution in [3.05, 3.63) is 63.4 Å². The van der Waals surface area contributed by atoms with Gasteiger partial charge in [0.15, 0.2) is 5.76 Å². The van der Waals surface area contributed by atoms with Gasteiger partial charge in [0.1, 0.15) is 5.58 Å². The highest BCUT2D eigenvalue weighted by Gasteiger charge is 2.20. The number of benzene rings is 2. The van der Waals surface area contributed by atoms with Crippen LogP contribution in [0.2, 0.25) is 0 Å². The van der Waals surface area contributed by atoms with Crippen molar-refractivity contribution in [1.82, 2.24) is 5.32 Å². The maximum atomic E-state index is 12.6. The molecule has 0 aliphatic heterocycles. The van der Waals surface area contributed by atoms with Crippen molar-refractivity contribution in [3.63, 3.8) is 0 Å². The van der Waals surface area contributed by atoms with Crippen LogP contribution in [-0.2, 0) is 4.79 Å². The van der Waals surface area contributed by atoms with Gasteiger partial charge in [-0.15, -0.1) is 0 Å². The van der Waals surface area contributed by atoms with E-state index in [0.717, 1.165) is 50.0 Å². The molecular formula is C23H26N2O3. The lowest BCUT2D eigenvalue weighted by atomic mass is 10.0. The zero-order valence-corrected chi connectivity index (χ0v) is 17.2. The molecule has 146 valence electrons. The largest absolute Gasteiger partial charge is 0.450 e. The summed E-state index contributed by atoms with van der Waals surface area (Å²) in [5.74, 6) is -0.410. The first-order chi connectivity index (χ1) is 13.2. The second kappa shape index (κ2) is 7.50. The minimum Gasteiger partial charge on any atom is -0.450 e. The van der Waals surface area contributed by atoms with E-state index in [1.54, 1.807) is 0 Å². The maximum absolute atomic E-state index is 12.6. The number of amides is 2. The first-order valence-corrected chi connectivity index (χ1v) is 9.34. The van der Waals surface area contributed by atoms with E-state index in [4.69, 9.17) is 4.42 Å². The van der Waals surface area contributed by atoms with Gasteiger partial charge in [0.25, 0.3) is 5.91 Å². The van der Waals surface area contributed by atoms with Crippen molar-refractivity contribution < 1.29 is 14.0 Å². The highest BCUT2D eigenvalue weighted by molar-refractivity contribution is 6.03. The van der Waals surface area contributed by atoms with Gasteiger partial charge in [-0.05, 0) is 63.8 Å². The lowest BCUT2D eigenvalue weighted by Gasteiger charge is -2.13. The van der Waals surface area contributed by atoms with E-state index in [2.05, 4.69) is 10.6 Å². The van der Waals surface area contributed by atoms with Crippen molar-refractivity contribution in [2.75, 3.05) is 11.9 Å². The molecule has 0 fully saturated rings. The molecule has 1 aromatic heterocycles. The molecule has 2 aromatic carbocycles. The molecule has 28 heavy (non-hydrogen) atoms. The summed E-state index contributed by atoms with van der Waals surface area (Å²) in [5.41, 5.74) is 7.47. The number of furan rings is 1. The Balaban J connectivity index is 1.74. The van der Waals surface area contributed by atoms with E-state index >= 15 is 0 Å². The number of hydrogen-bond donors (Lipinski definition) is 2. The Morgan fingerprint density at radius 1 is 0.893 bits per heavy atom. The molecule has 2 amide bonds. The second-order valence-electron chi connectivity index (χ2n) is 7.46. The number of hydrogen-bond acceptors (Lipinski definition) is 3. The van der Waals surface area contributed by atoms with Gasteiger partial charge in [-0.2, -0.15) is 0 Å². The summed E-state index contributed by atoms with van der Waals surface area (Å²) in [4.78, 5) is 25.0. The van der Waals surface area contributed by atoms with Crippen LogP contribution in [0.15, 0.2) is 28.7 Å². The normalized spacial score (nSPS) is 10.9. The number of carbonyl (C=O) groups is 2. The number of anilines is 1. The summed E-state index contributed by atoms with van der Waals surface area (Å²) in [5, 5.41) is 6.51. The first-order valence-electron chi connectivity index (χ1n) is 9.34. The summed E-state index contributed by atoms with van der Waals surface area (Å²) in [6.07, 6.45) is 0. The highest BCUT2D eigenvalue weighted by Crippen LogP contribution is 2.30. The lowest BCUT2D eigenvalue weighted by molar-refractivity contribution is -0.115. The predicted octanol–water partition coefficient (Wildman–Crippen LogP) is 4.65. The predicted molar refractivity (Wildman–Crippen MR) is 112 cm³/mol. The molecule has 0 atom stereocenters. The number of nitrogens with one attached hydrogen (secondary N) is 2. The topological polar surface area (TPSA) is 71.3 Å². The van der Waals surface area contributed by atoms with Gasteiger partial charge in [0, 0.05) is 16.6 Å². The molecular weight excluding hydrogens is 352 g/mol. The number of rotatable bonds is 4. The van der Waals surface area contributed by atoms with Crippen molar-refractivity contribution in [3.8, 4) is 0 Å². The Kier molecular flexibility index (Phi) is 5.27. The number of carbonyl (C=O) groups excluding carboxylic acids is 2. The smallest absolute Gasteiger partial charge is 0.287 e. The van der Waals surface area contributed by atoms with E-state index in [0.29, 0.717) is 0 Å². The van der Waals surface area contributed by atoms with E-state index in [-0.39, 0.29) is 24.1 Å². The van der Waals surface area contributed by atoms with Crippen LogP contribution in [-0.4, -0.2) is 18.4 Å². The number of fused-ring (bicyclic) bond motifs is 1. The maximum Gasteiger partial charge on any atom is 0.287 e. The summed E-state index contributed by atoms with van der Waals surface area (Å²) in [7, 11) is 0. The molecule has 0 saturated heterocycles. The zero-order chi connectivity index (χ0) is 20.6. The summed E-state index contributed by atoms with van der Waals surface area (Å²) < 4.78 is 5.83. The van der Waals surface area contributed by atoms with E-state index in [1.165, 1.54) is 0 Å². The Morgan fingerprint density at radius 3 is 2.11 bits per heavy atom. The average molecular weight is 378 g/mol. The van der Waals surface area contributed by atoms with Crippen molar-refractivity contribution in [2.24, 2.45) is 0 Å². The van der Waals surface area contributed by atoms with Gasteiger partial charge in [0.2, 0.25) is 5.91 Å². The minimum atomic E-state index is -0.389. The highest BCUT2D eigenvalue weighted by atomic mass is 16.3. The fourth-order valence-electron chi connectivity index (χ4n) is 3.69. The molecule has 1 heterocycles. The van der Waals surface area contributed by atoms with Crippen LogP contribution in [0.4, 0.5) is 5.69 Å². The van der Waals surface area contributed by atoms with Crippen LogP contribution in [0.5, 0.6) is 0 Å². The van der Waals surface area contributed by atoms with E-state index in [1.807, 2.05) is 65.8 Å². The molecule has 0 aliphatic rings. The van der Waals surface area contributed by atoms with E-state index in [9.17, 15) is 9.59 Å². The summed E-state index contributed by atoms with van der Waals surface area (Å²) in [6.45, 7) is 11.6. The SMILES string of the molecule is Cc1cc(C)c(NC(=O)CNC(=O)c2oc3c(C)ccc(C)c3c2C)c(C)c1. The van der Waals surface area contributed by atoms with Gasteiger partial charge >= 0.3 is 0 Å². The van der Waals surface area contributed by atoms with Crippen LogP contribution in [0.1, 0.15) is 43.9 Å². The Morgan fingerprint density at radius 2 is 1.50 bits per heavy atom. The van der Waals surface area contributed by atoms with Crippen LogP contribution in [0, 0.1) is 41.5 Å². The molecule has 0 radical (unpaired) electrons. The second-order valence-corrected chi connectivity index (χ2v) is 7.46. The molecule has 0 aliphatic carbocycles. The zero-order valence-electron chi connectivity index (χ0n) is 17.2. The Hall–Kier alpha value is -3.08. The molecule has 5 heteroatoms. The van der Waals surface area contributed by atoms with Gasteiger partial charge in [-0.3, -0.25) is 9.59 Å². The quantitative estimate of drug-likeness (QED) is 0.694. The van der Waals surface area contributed by atoms with Crippen LogP contribution >= 0.6 is 0 Å². The summed E-state index contributed by atoms with van der Waals surface area (Å²) >= 11 is 0. The van der Waals surface area contributed by atoms with Crippen LogP contribution in [0.3, 0.4) is 0 Å². The molecule has 3 aromatic rings. The fourth-order valence-corrected chi connectivity index (χ4v) is 3.69. The standard InChI is InChI=1S/C23H26N2O3/c1-12-9-15(4)20(16(5)10-12)25-18(26)11-24-23(27)22-17(6)19-13(2)7-8-14(3)21(19)28-22/h7-10H,11H2,1-6H3,(H,24,27)(H,25,26). The first kappa shape index (κ1) is 19.7. The summed E-state index contributed by atoms with van der Waals surface area (Å²) in [6, 6.07) is 8.02.